The van der Waals surface area contributed by atoms with Crippen LogP contribution in [0.15, 0.2) is 60.7 Å². The lowest BCUT2D eigenvalue weighted by Crippen LogP contribution is -2.45. The van der Waals surface area contributed by atoms with Gasteiger partial charge in [0.2, 0.25) is 0 Å². The second-order valence-electron chi connectivity index (χ2n) is 8.89. The molecule has 2 aromatic carbocycles. The van der Waals surface area contributed by atoms with Crippen molar-refractivity contribution < 1.29 is 9.53 Å². The Morgan fingerprint density at radius 2 is 1.58 bits per heavy atom. The molecule has 1 aromatic heterocycles. The van der Waals surface area contributed by atoms with Crippen LogP contribution in [0.25, 0.3) is 22.5 Å². The largest absolute Gasteiger partial charge is 0.465 e. The number of hydrogen-bond acceptors (Lipinski definition) is 5. The molecule has 0 N–H and O–H groups in total. The number of rotatable bonds is 7. The van der Waals surface area contributed by atoms with Crippen molar-refractivity contribution in [3.05, 3.63) is 66.2 Å². The van der Waals surface area contributed by atoms with Crippen LogP contribution >= 0.6 is 0 Å². The smallest absolute Gasteiger partial charge is 0.340 e. The second-order valence-corrected chi connectivity index (χ2v) is 8.89. The van der Waals surface area contributed by atoms with Crippen molar-refractivity contribution in [1.29, 1.82) is 0 Å². The number of esters is 1. The van der Waals surface area contributed by atoms with E-state index in [4.69, 9.17) is 4.74 Å². The van der Waals surface area contributed by atoms with Crippen LogP contribution in [0.1, 0.15) is 10.4 Å². The minimum Gasteiger partial charge on any atom is -0.465 e. The molecule has 174 valence electrons. The highest BCUT2D eigenvalue weighted by molar-refractivity contribution is 5.98. The summed E-state index contributed by atoms with van der Waals surface area (Å²) in [7, 11) is 7.70. The van der Waals surface area contributed by atoms with Gasteiger partial charge >= 0.3 is 5.97 Å². The van der Waals surface area contributed by atoms with Gasteiger partial charge in [0.1, 0.15) is 0 Å². The Kier molecular flexibility index (Phi) is 7.16. The van der Waals surface area contributed by atoms with Crippen molar-refractivity contribution in [1.82, 2.24) is 14.4 Å². The first kappa shape index (κ1) is 23.1. The zero-order chi connectivity index (χ0) is 23.4. The number of likely N-dealkylation sites (N-methyl/N-ethyl adjacent to an activating group) is 1. The molecule has 0 atom stereocenters. The van der Waals surface area contributed by atoms with E-state index in [1.54, 1.807) is 0 Å². The number of ether oxygens (including phenoxy) is 1. The lowest BCUT2D eigenvalue weighted by atomic mass is 10.1. The maximum absolute atomic E-state index is 12.8. The van der Waals surface area contributed by atoms with Crippen LogP contribution < -0.4 is 4.90 Å². The molecule has 6 nitrogen and oxygen atoms in total. The van der Waals surface area contributed by atoms with Crippen molar-refractivity contribution in [3.8, 4) is 22.5 Å². The Labute approximate surface area is 197 Å². The third kappa shape index (κ3) is 5.13. The highest BCUT2D eigenvalue weighted by Gasteiger charge is 2.24. The molecular formula is C27H34N4O2. The standard InChI is InChI=1S/C27H34N4O2/c1-28(2)23-12-10-21(11-13-23)25-20-24(27(32)33-4)26(22-8-6-5-7-9-22)31(25)19-18-30-16-14-29(3)15-17-30/h5-13,20H,14-19H2,1-4H3. The summed E-state index contributed by atoms with van der Waals surface area (Å²) in [5.74, 6) is -0.307. The quantitative estimate of drug-likeness (QED) is 0.515. The van der Waals surface area contributed by atoms with Gasteiger partial charge in [-0.2, -0.15) is 0 Å². The van der Waals surface area contributed by atoms with Gasteiger partial charge in [-0.15, -0.1) is 0 Å². The van der Waals surface area contributed by atoms with Crippen LogP contribution in [0.3, 0.4) is 0 Å². The summed E-state index contributed by atoms with van der Waals surface area (Å²) >= 11 is 0. The maximum Gasteiger partial charge on any atom is 0.340 e. The minimum absolute atomic E-state index is 0.307. The first-order valence-electron chi connectivity index (χ1n) is 11.5. The number of methoxy groups -OCH3 is 1. The summed E-state index contributed by atoms with van der Waals surface area (Å²) in [5, 5.41) is 0. The van der Waals surface area contributed by atoms with Gasteiger partial charge in [-0.05, 0) is 36.4 Å². The van der Waals surface area contributed by atoms with Crippen molar-refractivity contribution in [2.45, 2.75) is 6.54 Å². The molecule has 0 unspecified atom stereocenters. The fourth-order valence-corrected chi connectivity index (χ4v) is 4.44. The third-order valence-electron chi connectivity index (χ3n) is 6.46. The van der Waals surface area contributed by atoms with Gasteiger partial charge in [-0.25, -0.2) is 4.79 Å². The Morgan fingerprint density at radius 3 is 2.18 bits per heavy atom. The molecule has 0 saturated carbocycles. The van der Waals surface area contributed by atoms with Crippen LogP contribution in [-0.2, 0) is 11.3 Å². The van der Waals surface area contributed by atoms with E-state index in [9.17, 15) is 4.79 Å². The number of carbonyl (C=O) groups excluding carboxylic acids is 1. The average molecular weight is 447 g/mol. The Balaban J connectivity index is 1.78. The van der Waals surface area contributed by atoms with Crippen molar-refractivity contribution in [2.75, 3.05) is 65.9 Å². The second kappa shape index (κ2) is 10.2. The summed E-state index contributed by atoms with van der Waals surface area (Å²) < 4.78 is 7.48. The SMILES string of the molecule is COC(=O)c1cc(-c2ccc(N(C)C)cc2)n(CCN2CCN(C)CC2)c1-c1ccccc1. The Bertz CT molecular complexity index is 1070. The maximum atomic E-state index is 12.8. The van der Waals surface area contributed by atoms with Crippen LogP contribution in [0.2, 0.25) is 0 Å². The monoisotopic (exact) mass is 446 g/mol. The number of aromatic nitrogens is 1. The van der Waals surface area contributed by atoms with Gasteiger partial charge in [0.15, 0.2) is 0 Å². The van der Waals surface area contributed by atoms with Gasteiger partial charge in [-0.1, -0.05) is 42.5 Å². The van der Waals surface area contributed by atoms with Crippen LogP contribution in [0.4, 0.5) is 5.69 Å². The number of hydrogen-bond donors (Lipinski definition) is 0. The van der Waals surface area contributed by atoms with Gasteiger partial charge in [-0.3, -0.25) is 4.90 Å². The van der Waals surface area contributed by atoms with Crippen LogP contribution in [0, 0.1) is 0 Å². The van der Waals surface area contributed by atoms with Crippen molar-refractivity contribution >= 4 is 11.7 Å². The molecule has 1 aliphatic heterocycles. The first-order chi connectivity index (χ1) is 16.0. The average Bonchev–Trinajstić information content (AvgIpc) is 3.23. The summed E-state index contributed by atoms with van der Waals surface area (Å²) in [6.07, 6.45) is 0. The molecule has 3 aromatic rings. The number of carbonyl (C=O) groups is 1. The summed E-state index contributed by atoms with van der Waals surface area (Å²) in [5.41, 5.74) is 5.82. The molecule has 0 amide bonds. The number of nitrogens with zero attached hydrogens (tertiary/aromatic N) is 4. The normalized spacial score (nSPS) is 14.9. The Hall–Kier alpha value is -3.09. The summed E-state index contributed by atoms with van der Waals surface area (Å²) in [6, 6.07) is 20.6. The predicted octanol–water partition coefficient (Wildman–Crippen LogP) is 3.92. The van der Waals surface area contributed by atoms with Gasteiger partial charge in [0.05, 0.1) is 18.4 Å². The van der Waals surface area contributed by atoms with Gasteiger partial charge < -0.3 is 19.1 Å². The molecular weight excluding hydrogens is 412 g/mol. The third-order valence-corrected chi connectivity index (χ3v) is 6.46. The van der Waals surface area contributed by atoms with Gasteiger partial charge in [0.25, 0.3) is 0 Å². The molecule has 4 rings (SSSR count). The van der Waals surface area contributed by atoms with E-state index in [0.717, 1.165) is 67.5 Å². The molecule has 0 spiro atoms. The van der Waals surface area contributed by atoms with E-state index in [0.29, 0.717) is 5.56 Å². The fourth-order valence-electron chi connectivity index (χ4n) is 4.44. The van der Waals surface area contributed by atoms with E-state index in [2.05, 4.69) is 62.7 Å². The zero-order valence-electron chi connectivity index (χ0n) is 20.1. The molecule has 2 heterocycles. The molecule has 0 bridgehead atoms. The van der Waals surface area contributed by atoms with E-state index >= 15 is 0 Å². The van der Waals surface area contributed by atoms with Gasteiger partial charge in [0, 0.05) is 64.7 Å². The molecule has 0 aliphatic carbocycles. The number of benzene rings is 2. The van der Waals surface area contributed by atoms with E-state index in [1.165, 1.54) is 7.11 Å². The molecule has 1 saturated heterocycles. The summed E-state index contributed by atoms with van der Waals surface area (Å²) in [6.45, 7) is 6.04. The predicted molar refractivity (Wildman–Crippen MR) is 135 cm³/mol. The molecule has 1 fully saturated rings. The van der Waals surface area contributed by atoms with E-state index in [1.807, 2.05) is 38.4 Å². The molecule has 0 radical (unpaired) electrons. The van der Waals surface area contributed by atoms with Crippen molar-refractivity contribution in [2.24, 2.45) is 0 Å². The zero-order valence-corrected chi connectivity index (χ0v) is 20.1. The highest BCUT2D eigenvalue weighted by Crippen LogP contribution is 2.34. The van der Waals surface area contributed by atoms with Crippen LogP contribution in [0.5, 0.6) is 0 Å². The van der Waals surface area contributed by atoms with E-state index in [-0.39, 0.29) is 5.97 Å². The molecule has 33 heavy (non-hydrogen) atoms. The minimum atomic E-state index is -0.307. The summed E-state index contributed by atoms with van der Waals surface area (Å²) in [4.78, 5) is 19.8. The first-order valence-corrected chi connectivity index (χ1v) is 11.5. The lowest BCUT2D eigenvalue weighted by molar-refractivity contribution is 0.0601. The topological polar surface area (TPSA) is 41.0 Å². The van der Waals surface area contributed by atoms with Crippen LogP contribution in [-0.4, -0.2) is 81.3 Å². The molecule has 6 heteroatoms. The number of anilines is 1. The molecule has 1 aliphatic rings. The lowest BCUT2D eigenvalue weighted by Gasteiger charge is -2.32. The fraction of sp³-hybridized carbons (Fsp3) is 0.370. The highest BCUT2D eigenvalue weighted by atomic mass is 16.5. The van der Waals surface area contributed by atoms with E-state index < -0.39 is 0 Å². The van der Waals surface area contributed by atoms with Crippen molar-refractivity contribution in [3.63, 3.8) is 0 Å². The Morgan fingerprint density at radius 1 is 0.909 bits per heavy atom. The number of piperazine rings is 1.